The van der Waals surface area contributed by atoms with Crippen molar-refractivity contribution in [2.24, 2.45) is 5.92 Å². The molecular formula is C18H31N5O4SSi. The number of aliphatic hydroxyl groups excluding tert-OH is 1. The number of anilines is 1. The third-order valence-electron chi connectivity index (χ3n) is 5.32. The predicted octanol–water partition coefficient (Wildman–Crippen LogP) is 0.935. The number of fused-ring (bicyclic) bond motifs is 1. The maximum atomic E-state index is 12.3. The number of nitrogen functional groups attached to an aromatic ring is 1. The fraction of sp³-hybridized carbons (Fsp3) is 0.722. The molecule has 3 heterocycles. The Kier molecular flexibility index (Phi) is 6.17. The van der Waals surface area contributed by atoms with Crippen molar-refractivity contribution in [1.82, 2.24) is 19.5 Å². The first-order chi connectivity index (χ1) is 13.5. The number of nitrogens with zero attached hydrogens (tertiary/aromatic N) is 3. The molecule has 162 valence electrons. The zero-order valence-electron chi connectivity index (χ0n) is 17.8. The summed E-state index contributed by atoms with van der Waals surface area (Å²) in [7, 11) is -1.65. The van der Waals surface area contributed by atoms with Gasteiger partial charge in [0.15, 0.2) is 11.2 Å². The lowest BCUT2D eigenvalue weighted by atomic mass is 10.0. The lowest BCUT2D eigenvalue weighted by Crippen LogP contribution is -2.52. The van der Waals surface area contributed by atoms with Crippen LogP contribution in [0.2, 0.25) is 13.1 Å². The molecule has 9 nitrogen and oxygen atoms in total. The molecule has 0 spiro atoms. The Balaban J connectivity index is 2.14. The van der Waals surface area contributed by atoms with E-state index in [0.717, 1.165) is 0 Å². The summed E-state index contributed by atoms with van der Waals surface area (Å²) < 4.78 is 14.4. The number of hydrogen-bond acceptors (Lipinski definition) is 8. The van der Waals surface area contributed by atoms with Crippen LogP contribution in [0.4, 0.5) is 5.95 Å². The third-order valence-corrected chi connectivity index (χ3v) is 8.51. The van der Waals surface area contributed by atoms with E-state index in [2.05, 4.69) is 28.0 Å². The highest BCUT2D eigenvalue weighted by Gasteiger charge is 2.58. The van der Waals surface area contributed by atoms with Crippen molar-refractivity contribution in [3.05, 3.63) is 16.7 Å². The number of nitrogens with two attached hydrogens (primary N) is 1. The Hall–Kier alpha value is -1.40. The molecule has 0 aromatic carbocycles. The molecule has 29 heavy (non-hydrogen) atoms. The Labute approximate surface area is 176 Å². The smallest absolute Gasteiger partial charge is 0.280 e. The molecule has 0 unspecified atom stereocenters. The fourth-order valence-corrected chi connectivity index (χ4v) is 7.36. The molecule has 1 aliphatic heterocycles. The molecule has 0 amide bonds. The van der Waals surface area contributed by atoms with Gasteiger partial charge in [-0.05, 0) is 27.0 Å². The summed E-state index contributed by atoms with van der Waals surface area (Å²) in [5.41, 5.74) is 5.66. The summed E-state index contributed by atoms with van der Waals surface area (Å²) in [5, 5.41) is 10.4. The van der Waals surface area contributed by atoms with Gasteiger partial charge in [0.25, 0.3) is 5.56 Å². The second kappa shape index (κ2) is 8.03. The summed E-state index contributed by atoms with van der Waals surface area (Å²) in [4.78, 5) is 23.4. The van der Waals surface area contributed by atoms with Gasteiger partial charge in [-0.25, -0.2) is 4.98 Å². The van der Waals surface area contributed by atoms with Crippen molar-refractivity contribution in [3.63, 3.8) is 0 Å². The van der Waals surface area contributed by atoms with Gasteiger partial charge in [0.2, 0.25) is 5.95 Å². The van der Waals surface area contributed by atoms with Crippen LogP contribution in [0.1, 0.15) is 20.8 Å². The average Bonchev–Trinajstić information content (AvgIpc) is 3.14. The zero-order chi connectivity index (χ0) is 21.6. The van der Waals surface area contributed by atoms with Gasteiger partial charge in [-0.3, -0.25) is 14.3 Å². The Morgan fingerprint density at radius 1 is 1.48 bits per heavy atom. The summed E-state index contributed by atoms with van der Waals surface area (Å²) in [6.07, 6.45) is 2.40. The standard InChI is InChI=1S/C18H31N5O4SSi/c1-17(2,3)26-7-11-13(24)10(8-28-4)18(27-11,29(5)6)23-9-20-12-14(23)21-16(19)22-15(12)25/h9-11,13,24,29H,7-8H2,1-6H3,(H3,19,21,22,25)/t10-,11-,13+,18+/m1/s1. The fourth-order valence-electron chi connectivity index (χ4n) is 4.03. The van der Waals surface area contributed by atoms with E-state index in [1.807, 2.05) is 31.6 Å². The summed E-state index contributed by atoms with van der Waals surface area (Å²) in [5.74, 6) is 0.520. The lowest BCUT2D eigenvalue weighted by Gasteiger charge is -2.39. The van der Waals surface area contributed by atoms with E-state index >= 15 is 0 Å². The van der Waals surface area contributed by atoms with E-state index in [0.29, 0.717) is 11.4 Å². The number of thioether (sulfide) groups is 1. The Bertz CT molecular complexity index is 927. The van der Waals surface area contributed by atoms with Crippen LogP contribution in [0.3, 0.4) is 0 Å². The molecule has 1 fully saturated rings. The third kappa shape index (κ3) is 3.98. The Morgan fingerprint density at radius 3 is 2.76 bits per heavy atom. The van der Waals surface area contributed by atoms with Crippen LogP contribution in [-0.2, 0) is 14.8 Å². The van der Waals surface area contributed by atoms with Gasteiger partial charge in [-0.15, -0.1) is 0 Å². The maximum Gasteiger partial charge on any atom is 0.280 e. The summed E-state index contributed by atoms with van der Waals surface area (Å²) in [6, 6.07) is 0. The molecule has 1 saturated heterocycles. The zero-order valence-corrected chi connectivity index (χ0v) is 19.8. The molecule has 0 bridgehead atoms. The molecule has 0 aliphatic carbocycles. The minimum absolute atomic E-state index is 0.0254. The first kappa shape index (κ1) is 22.3. The van der Waals surface area contributed by atoms with Gasteiger partial charge in [0, 0.05) is 11.7 Å². The topological polar surface area (TPSA) is 128 Å². The minimum atomic E-state index is -1.65. The molecule has 4 N–H and O–H groups in total. The molecule has 4 atom stereocenters. The highest BCUT2D eigenvalue weighted by atomic mass is 32.2. The minimum Gasteiger partial charge on any atom is -0.390 e. The SMILES string of the molecule is CSC[C@@H]1[C@H](O)[C@@H](COC(C)(C)C)O[C@]1(n1cnc2c(=O)[nH]c(N)nc21)[SiH](C)C. The number of H-pyrrole nitrogens is 1. The van der Waals surface area contributed by atoms with Crippen molar-refractivity contribution >= 4 is 37.7 Å². The molecule has 3 rings (SSSR count). The maximum absolute atomic E-state index is 12.3. The molecule has 2 aromatic heterocycles. The molecule has 1 aliphatic rings. The number of ether oxygens (including phenoxy) is 2. The monoisotopic (exact) mass is 441 g/mol. The van der Waals surface area contributed by atoms with Gasteiger partial charge in [-0.1, -0.05) is 13.1 Å². The van der Waals surface area contributed by atoms with Crippen LogP contribution in [0.15, 0.2) is 11.1 Å². The molecule has 0 saturated carbocycles. The second-order valence-corrected chi connectivity index (χ2v) is 12.8. The predicted molar refractivity (Wildman–Crippen MR) is 118 cm³/mol. The molecule has 0 radical (unpaired) electrons. The number of aromatic amines is 1. The summed E-state index contributed by atoms with van der Waals surface area (Å²) >= 11 is 1.65. The molecular weight excluding hydrogens is 410 g/mol. The van der Waals surface area contributed by atoms with Crippen molar-refractivity contribution in [2.75, 3.05) is 24.3 Å². The number of hydrogen-bond donors (Lipinski definition) is 3. The quantitative estimate of drug-likeness (QED) is 0.565. The largest absolute Gasteiger partial charge is 0.390 e. The van der Waals surface area contributed by atoms with E-state index in [1.165, 1.54) is 0 Å². The van der Waals surface area contributed by atoms with E-state index in [4.69, 9.17) is 15.2 Å². The van der Waals surface area contributed by atoms with Gasteiger partial charge in [-0.2, -0.15) is 16.7 Å². The number of aliphatic hydroxyl groups is 1. The lowest BCUT2D eigenvalue weighted by molar-refractivity contribution is -0.114. The van der Waals surface area contributed by atoms with Gasteiger partial charge in [0.1, 0.15) is 11.5 Å². The second-order valence-electron chi connectivity index (χ2n) is 8.78. The van der Waals surface area contributed by atoms with Crippen LogP contribution in [0, 0.1) is 5.92 Å². The first-order valence-corrected chi connectivity index (χ1v) is 14.0. The average molecular weight is 442 g/mol. The summed E-state index contributed by atoms with van der Waals surface area (Å²) in [6.45, 7) is 10.5. The van der Waals surface area contributed by atoms with Crippen LogP contribution in [0.5, 0.6) is 0 Å². The van der Waals surface area contributed by atoms with Gasteiger partial charge in [0.05, 0.1) is 33.4 Å². The normalized spacial score (nSPS) is 27.9. The number of imidazole rings is 1. The van der Waals surface area contributed by atoms with Crippen molar-refractivity contribution < 1.29 is 14.6 Å². The first-order valence-electron chi connectivity index (χ1n) is 9.73. The molecule has 11 heteroatoms. The number of nitrogens with one attached hydrogen (secondary N) is 1. The van der Waals surface area contributed by atoms with Crippen molar-refractivity contribution in [3.8, 4) is 0 Å². The van der Waals surface area contributed by atoms with Crippen LogP contribution >= 0.6 is 11.8 Å². The van der Waals surface area contributed by atoms with E-state index in [-0.39, 0.29) is 35.2 Å². The van der Waals surface area contributed by atoms with E-state index < -0.39 is 26.4 Å². The highest BCUT2D eigenvalue weighted by Crippen LogP contribution is 2.45. The van der Waals surface area contributed by atoms with E-state index in [9.17, 15) is 9.90 Å². The van der Waals surface area contributed by atoms with Crippen LogP contribution in [0.25, 0.3) is 11.2 Å². The van der Waals surface area contributed by atoms with Crippen molar-refractivity contribution in [2.45, 2.75) is 57.0 Å². The van der Waals surface area contributed by atoms with Crippen LogP contribution in [-0.4, -0.2) is 69.8 Å². The van der Waals surface area contributed by atoms with Gasteiger partial charge < -0.3 is 20.3 Å². The van der Waals surface area contributed by atoms with E-state index in [1.54, 1.807) is 18.1 Å². The molecule has 2 aromatic rings. The van der Waals surface area contributed by atoms with Gasteiger partial charge >= 0.3 is 0 Å². The highest BCUT2D eigenvalue weighted by molar-refractivity contribution is 7.98. The van der Waals surface area contributed by atoms with Crippen molar-refractivity contribution in [1.29, 1.82) is 0 Å². The number of rotatable bonds is 6. The number of aromatic nitrogens is 4. The Morgan fingerprint density at radius 2 is 2.17 bits per heavy atom. The van der Waals surface area contributed by atoms with Crippen LogP contribution < -0.4 is 11.3 Å².